The number of halogens is 2. The van der Waals surface area contributed by atoms with Gasteiger partial charge in [-0.3, -0.25) is 0 Å². The van der Waals surface area contributed by atoms with E-state index in [1.807, 2.05) is 13.0 Å². The van der Waals surface area contributed by atoms with Gasteiger partial charge in [0.05, 0.1) is 0 Å². The molecule has 5 heteroatoms. The van der Waals surface area contributed by atoms with Crippen molar-refractivity contribution in [1.82, 2.24) is 4.98 Å². The highest BCUT2D eigenvalue weighted by Gasteiger charge is 1.96. The van der Waals surface area contributed by atoms with Gasteiger partial charge in [-0.05, 0) is 34.5 Å². The van der Waals surface area contributed by atoms with Gasteiger partial charge in [0, 0.05) is 11.0 Å². The number of hydrogen-bond donors (Lipinski definition) is 0. The number of nitrogens with zero attached hydrogens (tertiary/aromatic N) is 1. The van der Waals surface area contributed by atoms with Crippen LogP contribution in [0.25, 0.3) is 0 Å². The van der Waals surface area contributed by atoms with E-state index in [0.717, 1.165) is 15.6 Å². The maximum Gasteiger partial charge on any atom is 0.373 e. The number of pyridine rings is 1. The lowest BCUT2D eigenvalue weighted by Gasteiger charge is -1.99. The van der Waals surface area contributed by atoms with Crippen LogP contribution in [0.3, 0.4) is 0 Å². The summed E-state index contributed by atoms with van der Waals surface area (Å²) in [7, 11) is 0. The second-order valence-electron chi connectivity index (χ2n) is 2.10. The molecule has 0 atom stereocenters. The van der Waals surface area contributed by atoms with E-state index in [0.29, 0.717) is 0 Å². The molecule has 70 valence electrons. The molecule has 0 bridgehead atoms. The lowest BCUT2D eigenvalue weighted by molar-refractivity contribution is -0.191. The average Bonchev–Trinajstić information content (AvgIpc) is 2.06. The standard InChI is InChI=1S/C7H7Br2N.CO2/c1-5-6(4-8)2-3-7(9)10-5;2-1-3/h2-3H,4H2,1H3;. The smallest absolute Gasteiger partial charge is 0.246 e. The van der Waals surface area contributed by atoms with Crippen LogP contribution >= 0.6 is 31.9 Å². The Morgan fingerprint density at radius 3 is 2.38 bits per heavy atom. The van der Waals surface area contributed by atoms with E-state index < -0.39 is 0 Å². The van der Waals surface area contributed by atoms with Crippen LogP contribution in [-0.4, -0.2) is 11.1 Å². The third-order valence-corrected chi connectivity index (χ3v) is 2.35. The molecule has 0 spiro atoms. The van der Waals surface area contributed by atoms with Crippen molar-refractivity contribution in [2.24, 2.45) is 0 Å². The molecule has 0 amide bonds. The van der Waals surface area contributed by atoms with E-state index in [1.165, 1.54) is 5.56 Å². The average molecular weight is 309 g/mol. The molecule has 1 aromatic heterocycles. The van der Waals surface area contributed by atoms with Crippen molar-refractivity contribution in [2.75, 3.05) is 0 Å². The fourth-order valence-corrected chi connectivity index (χ4v) is 1.69. The molecule has 0 aliphatic rings. The number of aryl methyl sites for hydroxylation is 1. The first-order chi connectivity index (χ1) is 6.15. The zero-order valence-electron chi connectivity index (χ0n) is 6.88. The molecule has 1 rings (SSSR count). The summed E-state index contributed by atoms with van der Waals surface area (Å²) in [4.78, 5) is 20.5. The molecule has 0 fully saturated rings. The van der Waals surface area contributed by atoms with E-state index in [1.54, 1.807) is 0 Å². The molecule has 13 heavy (non-hydrogen) atoms. The van der Waals surface area contributed by atoms with E-state index in [-0.39, 0.29) is 6.15 Å². The summed E-state index contributed by atoms with van der Waals surface area (Å²) in [6, 6.07) is 4.00. The van der Waals surface area contributed by atoms with Gasteiger partial charge in [-0.1, -0.05) is 22.0 Å². The lowest BCUT2D eigenvalue weighted by Crippen LogP contribution is -1.88. The van der Waals surface area contributed by atoms with E-state index in [9.17, 15) is 0 Å². The van der Waals surface area contributed by atoms with Crippen molar-refractivity contribution in [3.63, 3.8) is 0 Å². The van der Waals surface area contributed by atoms with Gasteiger partial charge in [0.25, 0.3) is 0 Å². The molecule has 0 aliphatic heterocycles. The molecule has 3 nitrogen and oxygen atoms in total. The first kappa shape index (κ1) is 12.5. The fraction of sp³-hybridized carbons (Fsp3) is 0.250. The first-order valence-corrected chi connectivity index (χ1v) is 5.24. The molecule has 0 saturated heterocycles. The minimum atomic E-state index is 0.250. The van der Waals surface area contributed by atoms with Crippen LogP contribution < -0.4 is 0 Å². The zero-order chi connectivity index (χ0) is 10.3. The Hall–Kier alpha value is -0.510. The van der Waals surface area contributed by atoms with Gasteiger partial charge in [-0.25, -0.2) is 4.98 Å². The quantitative estimate of drug-likeness (QED) is 0.591. The van der Waals surface area contributed by atoms with E-state index in [2.05, 4.69) is 42.9 Å². The van der Waals surface area contributed by atoms with Crippen LogP contribution in [0.5, 0.6) is 0 Å². The van der Waals surface area contributed by atoms with Gasteiger partial charge < -0.3 is 0 Å². The van der Waals surface area contributed by atoms with Crippen LogP contribution in [-0.2, 0) is 14.9 Å². The van der Waals surface area contributed by atoms with E-state index >= 15 is 0 Å². The molecule has 0 unspecified atom stereocenters. The summed E-state index contributed by atoms with van der Waals surface area (Å²) in [5.74, 6) is 0. The van der Waals surface area contributed by atoms with Crippen molar-refractivity contribution < 1.29 is 9.59 Å². The Labute approximate surface area is 92.8 Å². The summed E-state index contributed by atoms with van der Waals surface area (Å²) in [6.07, 6.45) is 0.250. The van der Waals surface area contributed by atoms with Gasteiger partial charge >= 0.3 is 6.15 Å². The number of carbonyl (C=O) groups excluding carboxylic acids is 2. The van der Waals surface area contributed by atoms with Gasteiger partial charge in [0.15, 0.2) is 0 Å². The van der Waals surface area contributed by atoms with Crippen molar-refractivity contribution in [1.29, 1.82) is 0 Å². The molecule has 0 aliphatic carbocycles. The second kappa shape index (κ2) is 6.95. The molecule has 0 radical (unpaired) electrons. The van der Waals surface area contributed by atoms with Crippen molar-refractivity contribution in [2.45, 2.75) is 12.3 Å². The summed E-state index contributed by atoms with van der Waals surface area (Å²) in [6.45, 7) is 2.00. The minimum Gasteiger partial charge on any atom is -0.246 e. The normalized spacial score (nSPS) is 8.23. The van der Waals surface area contributed by atoms with Crippen LogP contribution in [0.4, 0.5) is 0 Å². The molecule has 0 saturated carbocycles. The number of aromatic nitrogens is 1. The predicted octanol–water partition coefficient (Wildman–Crippen LogP) is 2.46. The Morgan fingerprint density at radius 1 is 1.46 bits per heavy atom. The van der Waals surface area contributed by atoms with E-state index in [4.69, 9.17) is 9.59 Å². The van der Waals surface area contributed by atoms with Crippen molar-refractivity contribution in [3.8, 4) is 0 Å². The largest absolute Gasteiger partial charge is 0.373 e. The SMILES string of the molecule is Cc1nc(Br)ccc1CBr.O=C=O. The van der Waals surface area contributed by atoms with Crippen molar-refractivity contribution >= 4 is 38.0 Å². The Balaban J connectivity index is 0.000000424. The van der Waals surface area contributed by atoms with Gasteiger partial charge in [-0.2, -0.15) is 9.59 Å². The summed E-state index contributed by atoms with van der Waals surface area (Å²) in [5.41, 5.74) is 2.31. The third-order valence-electron chi connectivity index (χ3n) is 1.31. The second-order valence-corrected chi connectivity index (χ2v) is 3.47. The molecular formula is C8H7Br2NO2. The Morgan fingerprint density at radius 2 is 2.00 bits per heavy atom. The highest BCUT2D eigenvalue weighted by atomic mass is 79.9. The van der Waals surface area contributed by atoms with Gasteiger partial charge in [0.2, 0.25) is 0 Å². The van der Waals surface area contributed by atoms with Crippen molar-refractivity contribution in [3.05, 3.63) is 28.0 Å². The zero-order valence-corrected chi connectivity index (χ0v) is 10.1. The topological polar surface area (TPSA) is 47.0 Å². The molecule has 0 aromatic carbocycles. The van der Waals surface area contributed by atoms with Crippen LogP contribution in [0.2, 0.25) is 0 Å². The van der Waals surface area contributed by atoms with Crippen LogP contribution in [0, 0.1) is 6.92 Å². The molecule has 0 N–H and O–H groups in total. The van der Waals surface area contributed by atoms with Gasteiger partial charge in [-0.15, -0.1) is 0 Å². The maximum absolute atomic E-state index is 8.12. The monoisotopic (exact) mass is 307 g/mol. The lowest BCUT2D eigenvalue weighted by atomic mass is 10.2. The number of hydrogen-bond acceptors (Lipinski definition) is 3. The Bertz CT molecular complexity index is 309. The summed E-state index contributed by atoms with van der Waals surface area (Å²) < 4.78 is 0.898. The number of alkyl halides is 1. The molecular weight excluding hydrogens is 302 g/mol. The summed E-state index contributed by atoms with van der Waals surface area (Å²) in [5, 5.41) is 0.874. The third kappa shape index (κ3) is 4.93. The van der Waals surface area contributed by atoms with Crippen LogP contribution in [0.15, 0.2) is 16.7 Å². The predicted molar refractivity (Wildman–Crippen MR) is 54.3 cm³/mol. The first-order valence-electron chi connectivity index (χ1n) is 3.33. The summed E-state index contributed by atoms with van der Waals surface area (Å²) >= 11 is 6.68. The highest BCUT2D eigenvalue weighted by molar-refractivity contribution is 9.10. The minimum absolute atomic E-state index is 0.250. The highest BCUT2D eigenvalue weighted by Crippen LogP contribution is 2.13. The Kier molecular flexibility index (Phi) is 6.68. The van der Waals surface area contributed by atoms with Crippen LogP contribution in [0.1, 0.15) is 11.3 Å². The number of rotatable bonds is 1. The van der Waals surface area contributed by atoms with Gasteiger partial charge in [0.1, 0.15) is 4.60 Å². The molecule has 1 heterocycles. The molecule has 1 aromatic rings. The fourth-order valence-electron chi connectivity index (χ4n) is 0.700. The maximum atomic E-state index is 8.12.